The minimum absolute atomic E-state index is 0.0752. The number of halogens is 1. The molecule has 0 amide bonds. The minimum atomic E-state index is -0.705. The molecule has 54 valence electrons. The van der Waals surface area contributed by atoms with Crippen LogP contribution in [-0.4, -0.2) is 32.4 Å². The molecule has 1 aliphatic rings. The van der Waals surface area contributed by atoms with Crippen LogP contribution in [-0.2, 0) is 0 Å². The molecule has 1 saturated heterocycles. The van der Waals surface area contributed by atoms with Crippen LogP contribution in [0.25, 0.3) is 0 Å². The maximum absolute atomic E-state index is 12.7. The fourth-order valence-electron chi connectivity index (χ4n) is 1.15. The van der Waals surface area contributed by atoms with Gasteiger partial charge in [-0.1, -0.05) is 0 Å². The molecule has 3 heteroatoms. The van der Waals surface area contributed by atoms with Gasteiger partial charge in [0.05, 0.1) is 0 Å². The van der Waals surface area contributed by atoms with Crippen molar-refractivity contribution in [1.82, 2.24) is 10.6 Å². The second-order valence-electron chi connectivity index (χ2n) is 2.40. The summed E-state index contributed by atoms with van der Waals surface area (Å²) in [6, 6.07) is 0.0752. The third kappa shape index (κ3) is 1.63. The molecule has 0 aliphatic carbocycles. The lowest BCUT2D eigenvalue weighted by Crippen LogP contribution is -2.47. The van der Waals surface area contributed by atoms with Crippen LogP contribution in [0.5, 0.6) is 0 Å². The van der Waals surface area contributed by atoms with Crippen molar-refractivity contribution in [2.24, 2.45) is 0 Å². The molecule has 0 spiro atoms. The zero-order valence-corrected chi connectivity index (χ0v) is 5.65. The van der Waals surface area contributed by atoms with Gasteiger partial charge in [-0.15, -0.1) is 0 Å². The normalized spacial score (nSPS) is 36.7. The van der Waals surface area contributed by atoms with Crippen LogP contribution >= 0.6 is 0 Å². The summed E-state index contributed by atoms with van der Waals surface area (Å²) in [5.74, 6) is 0. The minimum Gasteiger partial charge on any atom is -0.314 e. The van der Waals surface area contributed by atoms with Gasteiger partial charge in [-0.05, 0) is 20.0 Å². The van der Waals surface area contributed by atoms with Crippen molar-refractivity contribution in [3.05, 3.63) is 0 Å². The van der Waals surface area contributed by atoms with Crippen molar-refractivity contribution in [3.63, 3.8) is 0 Å². The van der Waals surface area contributed by atoms with Crippen LogP contribution in [0, 0.1) is 0 Å². The molecular formula is C6H13FN2. The van der Waals surface area contributed by atoms with Crippen molar-refractivity contribution in [2.75, 3.05) is 20.1 Å². The number of hydrogen-bond acceptors (Lipinski definition) is 2. The van der Waals surface area contributed by atoms with Crippen molar-refractivity contribution < 1.29 is 4.39 Å². The largest absolute Gasteiger partial charge is 0.314 e. The second kappa shape index (κ2) is 3.13. The summed E-state index contributed by atoms with van der Waals surface area (Å²) < 4.78 is 12.7. The van der Waals surface area contributed by atoms with Gasteiger partial charge < -0.3 is 10.6 Å². The Kier molecular flexibility index (Phi) is 2.42. The van der Waals surface area contributed by atoms with Gasteiger partial charge >= 0.3 is 0 Å². The van der Waals surface area contributed by atoms with Crippen molar-refractivity contribution in [1.29, 1.82) is 0 Å². The van der Waals surface area contributed by atoms with E-state index in [1.54, 1.807) is 0 Å². The highest BCUT2D eigenvalue weighted by Crippen LogP contribution is 2.05. The Morgan fingerprint density at radius 2 is 2.44 bits per heavy atom. The Hall–Kier alpha value is -0.150. The summed E-state index contributed by atoms with van der Waals surface area (Å²) in [5.41, 5.74) is 0. The van der Waals surface area contributed by atoms with E-state index in [4.69, 9.17) is 0 Å². The van der Waals surface area contributed by atoms with Gasteiger partial charge in [0.25, 0.3) is 0 Å². The average Bonchev–Trinajstić information content (AvgIpc) is 1.89. The van der Waals surface area contributed by atoms with Gasteiger partial charge in [-0.3, -0.25) is 0 Å². The molecule has 9 heavy (non-hydrogen) atoms. The Balaban J connectivity index is 2.30. The first-order valence-corrected chi connectivity index (χ1v) is 3.36. The molecular weight excluding hydrogens is 119 g/mol. The molecule has 0 radical (unpaired) electrons. The van der Waals surface area contributed by atoms with E-state index in [2.05, 4.69) is 10.6 Å². The molecule has 1 aliphatic heterocycles. The monoisotopic (exact) mass is 132 g/mol. The summed E-state index contributed by atoms with van der Waals surface area (Å²) in [6.07, 6.45) is 0.196. The maximum Gasteiger partial charge on any atom is 0.128 e. The van der Waals surface area contributed by atoms with E-state index in [-0.39, 0.29) is 6.04 Å². The fourth-order valence-corrected chi connectivity index (χ4v) is 1.15. The molecule has 2 N–H and O–H groups in total. The van der Waals surface area contributed by atoms with Crippen LogP contribution in [0.4, 0.5) is 4.39 Å². The number of rotatable bonds is 1. The summed E-state index contributed by atoms with van der Waals surface area (Å²) in [5, 5.41) is 5.92. The first kappa shape index (κ1) is 6.96. The quantitative estimate of drug-likeness (QED) is 0.521. The van der Waals surface area contributed by atoms with Crippen LogP contribution in [0.3, 0.4) is 0 Å². The van der Waals surface area contributed by atoms with E-state index < -0.39 is 6.17 Å². The molecule has 1 unspecified atom stereocenters. The van der Waals surface area contributed by atoms with Crippen molar-refractivity contribution in [3.8, 4) is 0 Å². The highest BCUT2D eigenvalue weighted by molar-refractivity contribution is 4.81. The Labute approximate surface area is 54.8 Å². The number of piperidine rings is 1. The van der Waals surface area contributed by atoms with Crippen molar-refractivity contribution in [2.45, 2.75) is 18.6 Å². The predicted molar refractivity (Wildman–Crippen MR) is 35.2 cm³/mol. The van der Waals surface area contributed by atoms with E-state index in [0.29, 0.717) is 6.54 Å². The van der Waals surface area contributed by atoms with Crippen LogP contribution in [0.1, 0.15) is 6.42 Å². The van der Waals surface area contributed by atoms with E-state index in [1.165, 1.54) is 0 Å². The zero-order valence-electron chi connectivity index (χ0n) is 5.65. The highest BCUT2D eigenvalue weighted by Gasteiger charge is 2.21. The topological polar surface area (TPSA) is 24.1 Å². The van der Waals surface area contributed by atoms with Crippen molar-refractivity contribution >= 4 is 0 Å². The Morgan fingerprint density at radius 1 is 1.67 bits per heavy atom. The average molecular weight is 132 g/mol. The van der Waals surface area contributed by atoms with E-state index in [0.717, 1.165) is 13.0 Å². The highest BCUT2D eigenvalue weighted by atomic mass is 19.1. The lowest BCUT2D eigenvalue weighted by atomic mass is 10.1. The van der Waals surface area contributed by atoms with E-state index in [1.807, 2.05) is 7.05 Å². The lowest BCUT2D eigenvalue weighted by molar-refractivity contribution is 0.210. The first-order chi connectivity index (χ1) is 4.34. The molecule has 1 fully saturated rings. The molecule has 0 aromatic rings. The van der Waals surface area contributed by atoms with Crippen LogP contribution < -0.4 is 10.6 Å². The lowest BCUT2D eigenvalue weighted by Gasteiger charge is -2.25. The third-order valence-electron chi connectivity index (χ3n) is 1.78. The smallest absolute Gasteiger partial charge is 0.128 e. The van der Waals surface area contributed by atoms with Gasteiger partial charge in [0.1, 0.15) is 6.17 Å². The molecule has 0 saturated carbocycles. The molecule has 0 bridgehead atoms. The predicted octanol–water partition coefficient (Wildman–Crippen LogP) is -0.0942. The van der Waals surface area contributed by atoms with E-state index >= 15 is 0 Å². The molecule has 0 aromatic heterocycles. The first-order valence-electron chi connectivity index (χ1n) is 3.36. The van der Waals surface area contributed by atoms with E-state index in [9.17, 15) is 4.39 Å². The standard InChI is InChI=1S/C6H13FN2/c1-8-6-2-3-9-4-5(6)7/h5-6,8-9H,2-4H2,1H3/t5-,6?/m0/s1. The third-order valence-corrected chi connectivity index (χ3v) is 1.78. The maximum atomic E-state index is 12.7. The van der Waals surface area contributed by atoms with Gasteiger partial charge in [0.2, 0.25) is 0 Å². The Morgan fingerprint density at radius 3 is 2.89 bits per heavy atom. The molecule has 2 nitrogen and oxygen atoms in total. The van der Waals surface area contributed by atoms with Gasteiger partial charge in [-0.25, -0.2) is 4.39 Å². The zero-order chi connectivity index (χ0) is 6.69. The van der Waals surface area contributed by atoms with Crippen LogP contribution in [0.15, 0.2) is 0 Å². The van der Waals surface area contributed by atoms with Gasteiger partial charge in [0.15, 0.2) is 0 Å². The molecule has 0 aromatic carbocycles. The summed E-state index contributed by atoms with van der Waals surface area (Å²) in [7, 11) is 1.81. The molecule has 1 heterocycles. The molecule has 2 atom stereocenters. The van der Waals surface area contributed by atoms with Gasteiger partial charge in [0, 0.05) is 12.6 Å². The van der Waals surface area contributed by atoms with Gasteiger partial charge in [-0.2, -0.15) is 0 Å². The Bertz CT molecular complexity index is 87.1. The number of hydrogen-bond donors (Lipinski definition) is 2. The van der Waals surface area contributed by atoms with Crippen LogP contribution in [0.2, 0.25) is 0 Å². The SMILES string of the molecule is CNC1CCNC[C@@H]1F. The summed E-state index contributed by atoms with van der Waals surface area (Å²) in [6.45, 7) is 1.44. The summed E-state index contributed by atoms with van der Waals surface area (Å²) in [4.78, 5) is 0. The second-order valence-corrected chi connectivity index (χ2v) is 2.40. The molecule has 1 rings (SSSR count). The number of alkyl halides is 1. The number of nitrogens with one attached hydrogen (secondary N) is 2. The summed E-state index contributed by atoms with van der Waals surface area (Å²) >= 11 is 0. The fraction of sp³-hybridized carbons (Fsp3) is 1.00.